The summed E-state index contributed by atoms with van der Waals surface area (Å²) in [6.07, 6.45) is 21.0. The molecule has 1 rings (SSSR count). The summed E-state index contributed by atoms with van der Waals surface area (Å²) < 4.78 is 5.13. The van der Waals surface area contributed by atoms with Gasteiger partial charge in [-0.1, -0.05) is 63.5 Å². The average Bonchev–Trinajstić information content (AvgIpc) is 2.60. The van der Waals surface area contributed by atoms with Crippen molar-refractivity contribution in [1.29, 1.82) is 0 Å². The highest BCUT2D eigenvalue weighted by molar-refractivity contribution is 5.98. The second-order valence-corrected chi connectivity index (χ2v) is 7.25. The molecule has 1 aliphatic rings. The van der Waals surface area contributed by atoms with Crippen molar-refractivity contribution in [2.45, 2.75) is 103 Å². The van der Waals surface area contributed by atoms with Crippen LogP contribution in [0.1, 0.15) is 103 Å². The van der Waals surface area contributed by atoms with Crippen LogP contribution in [0.2, 0.25) is 0 Å². The lowest BCUT2D eigenvalue weighted by atomic mass is 9.93. The summed E-state index contributed by atoms with van der Waals surface area (Å²) in [5.41, 5.74) is 0. The van der Waals surface area contributed by atoms with Crippen LogP contribution in [0.15, 0.2) is 12.2 Å². The van der Waals surface area contributed by atoms with E-state index >= 15 is 0 Å². The molecule has 0 aromatic rings. The van der Waals surface area contributed by atoms with Gasteiger partial charge in [-0.2, -0.15) is 0 Å². The van der Waals surface area contributed by atoms with Crippen LogP contribution < -0.4 is 0 Å². The van der Waals surface area contributed by atoms with Gasteiger partial charge >= 0.3 is 5.97 Å². The third-order valence-electron chi connectivity index (χ3n) is 5.03. The average molecular weight is 351 g/mol. The summed E-state index contributed by atoms with van der Waals surface area (Å²) >= 11 is 0. The molecule has 144 valence electrons. The van der Waals surface area contributed by atoms with Gasteiger partial charge in [0.25, 0.3) is 0 Å². The third-order valence-corrected chi connectivity index (χ3v) is 5.03. The summed E-state index contributed by atoms with van der Waals surface area (Å²) in [6, 6.07) is 0. The first-order valence-electron chi connectivity index (χ1n) is 10.6. The molecular weight excluding hydrogens is 312 g/mol. The number of hydrogen-bond acceptors (Lipinski definition) is 3. The highest BCUT2D eigenvalue weighted by Crippen LogP contribution is 2.19. The Hall–Kier alpha value is -1.12. The van der Waals surface area contributed by atoms with Gasteiger partial charge in [0.1, 0.15) is 11.7 Å². The molecule has 0 saturated carbocycles. The molecule has 0 N–H and O–H groups in total. The number of allylic oxidation sites excluding steroid dienone is 2. The molecule has 0 bridgehead atoms. The van der Waals surface area contributed by atoms with Gasteiger partial charge in [-0.15, -0.1) is 0 Å². The van der Waals surface area contributed by atoms with Gasteiger partial charge in [-0.3, -0.25) is 9.59 Å². The van der Waals surface area contributed by atoms with E-state index in [1.807, 2.05) is 0 Å². The maximum Gasteiger partial charge on any atom is 0.316 e. The Labute approximate surface area is 154 Å². The highest BCUT2D eigenvalue weighted by atomic mass is 16.5. The molecule has 25 heavy (non-hydrogen) atoms. The molecule has 0 amide bonds. The number of esters is 1. The van der Waals surface area contributed by atoms with Crippen molar-refractivity contribution in [2.24, 2.45) is 5.92 Å². The number of ether oxygens (including phenoxy) is 1. The predicted octanol–water partition coefficient (Wildman–Crippen LogP) is 6.16. The van der Waals surface area contributed by atoms with Crippen LogP contribution in [0.4, 0.5) is 0 Å². The van der Waals surface area contributed by atoms with Crippen molar-refractivity contribution in [1.82, 2.24) is 0 Å². The zero-order valence-electron chi connectivity index (χ0n) is 16.3. The molecule has 0 aromatic carbocycles. The lowest BCUT2D eigenvalue weighted by molar-refractivity contribution is -0.152. The maximum atomic E-state index is 12.5. The van der Waals surface area contributed by atoms with Gasteiger partial charge in [0.15, 0.2) is 0 Å². The van der Waals surface area contributed by atoms with Gasteiger partial charge in [-0.25, -0.2) is 0 Å². The van der Waals surface area contributed by atoms with Crippen LogP contribution in [-0.2, 0) is 14.3 Å². The van der Waals surface area contributed by atoms with E-state index in [4.69, 9.17) is 4.74 Å². The number of hydrogen-bond donors (Lipinski definition) is 0. The maximum absolute atomic E-state index is 12.5. The topological polar surface area (TPSA) is 43.4 Å². The van der Waals surface area contributed by atoms with Gasteiger partial charge in [-0.05, 0) is 45.4 Å². The second-order valence-electron chi connectivity index (χ2n) is 7.25. The summed E-state index contributed by atoms with van der Waals surface area (Å²) in [4.78, 5) is 24.6. The molecule has 0 radical (unpaired) electrons. The lowest BCUT2D eigenvalue weighted by Crippen LogP contribution is -2.26. The van der Waals surface area contributed by atoms with Crippen LogP contribution in [0.5, 0.6) is 0 Å². The number of Topliss-reactive ketones (excluding diaryl/α,β-unsaturated/α-hetero) is 1. The summed E-state index contributed by atoms with van der Waals surface area (Å²) in [6.45, 7) is 2.16. The van der Waals surface area contributed by atoms with Crippen molar-refractivity contribution < 1.29 is 14.3 Å². The van der Waals surface area contributed by atoms with Gasteiger partial charge in [0.2, 0.25) is 0 Å². The number of carbonyl (C=O) groups excluding carboxylic acids is 2. The molecule has 3 heteroatoms. The molecule has 0 fully saturated rings. The third kappa shape index (κ3) is 11.2. The van der Waals surface area contributed by atoms with E-state index in [0.717, 1.165) is 25.7 Å². The molecule has 1 unspecified atom stereocenters. The molecular formula is C22H38O3. The molecule has 0 aliphatic heterocycles. The van der Waals surface area contributed by atoms with Crippen LogP contribution in [0.25, 0.3) is 0 Å². The lowest BCUT2D eigenvalue weighted by Gasteiger charge is -2.14. The Morgan fingerprint density at radius 3 is 2.00 bits per heavy atom. The number of rotatable bonds is 2. The standard InChI is InChI=1S/C22H38O3/c1-2-25-22(24)20-18-16-14-12-10-8-6-4-3-5-7-9-11-13-15-17-19-21(20)23/h3-4,20H,2,5-19H2,1H3/b4-3-. The SMILES string of the molecule is CCOC(=O)C1CCCCCCC/C=C\CCCCCCCCC1=O. The van der Waals surface area contributed by atoms with Gasteiger partial charge in [0, 0.05) is 6.42 Å². The Kier molecular flexibility index (Phi) is 13.3. The molecule has 1 atom stereocenters. The first kappa shape index (κ1) is 21.9. The van der Waals surface area contributed by atoms with Gasteiger partial charge in [0.05, 0.1) is 6.61 Å². The van der Waals surface area contributed by atoms with Crippen LogP contribution in [0, 0.1) is 5.92 Å². The quantitative estimate of drug-likeness (QED) is 0.340. The second kappa shape index (κ2) is 15.2. The Bertz CT molecular complexity index is 387. The normalized spacial score (nSPS) is 24.5. The fourth-order valence-corrected chi connectivity index (χ4v) is 3.47. The predicted molar refractivity (Wildman–Crippen MR) is 104 cm³/mol. The van der Waals surface area contributed by atoms with Crippen molar-refractivity contribution in [3.05, 3.63) is 12.2 Å². The van der Waals surface area contributed by atoms with Gasteiger partial charge < -0.3 is 4.74 Å². The van der Waals surface area contributed by atoms with Crippen LogP contribution >= 0.6 is 0 Å². The van der Waals surface area contributed by atoms with E-state index < -0.39 is 5.92 Å². The summed E-state index contributed by atoms with van der Waals surface area (Å²) in [7, 11) is 0. The van der Waals surface area contributed by atoms with Crippen molar-refractivity contribution >= 4 is 11.8 Å². The van der Waals surface area contributed by atoms with Crippen LogP contribution in [-0.4, -0.2) is 18.4 Å². The van der Waals surface area contributed by atoms with E-state index in [9.17, 15) is 9.59 Å². The van der Waals surface area contributed by atoms with E-state index in [2.05, 4.69) is 12.2 Å². The summed E-state index contributed by atoms with van der Waals surface area (Å²) in [5.74, 6) is -0.728. The fourth-order valence-electron chi connectivity index (χ4n) is 3.47. The molecule has 0 aromatic heterocycles. The zero-order valence-corrected chi connectivity index (χ0v) is 16.3. The zero-order chi connectivity index (χ0) is 18.2. The number of ketones is 1. The Morgan fingerprint density at radius 2 is 1.40 bits per heavy atom. The minimum atomic E-state index is -0.523. The fraction of sp³-hybridized carbons (Fsp3) is 0.818. The number of carbonyl (C=O) groups is 2. The highest BCUT2D eigenvalue weighted by Gasteiger charge is 2.26. The Balaban J connectivity index is 2.47. The van der Waals surface area contributed by atoms with Crippen molar-refractivity contribution in [2.75, 3.05) is 6.61 Å². The minimum absolute atomic E-state index is 0.0977. The molecule has 0 spiro atoms. The van der Waals surface area contributed by atoms with Crippen molar-refractivity contribution in [3.63, 3.8) is 0 Å². The first-order chi connectivity index (χ1) is 12.3. The first-order valence-corrected chi connectivity index (χ1v) is 10.6. The van der Waals surface area contributed by atoms with E-state index in [1.54, 1.807) is 6.92 Å². The largest absolute Gasteiger partial charge is 0.465 e. The monoisotopic (exact) mass is 350 g/mol. The minimum Gasteiger partial charge on any atom is -0.465 e. The van der Waals surface area contributed by atoms with Crippen molar-refractivity contribution in [3.8, 4) is 0 Å². The van der Waals surface area contributed by atoms with Crippen LogP contribution in [0.3, 0.4) is 0 Å². The molecule has 1 aliphatic carbocycles. The molecule has 0 saturated heterocycles. The van der Waals surface area contributed by atoms with E-state index in [1.165, 1.54) is 57.8 Å². The summed E-state index contributed by atoms with van der Waals surface area (Å²) in [5, 5.41) is 0. The Morgan fingerprint density at radius 1 is 0.880 bits per heavy atom. The van der Waals surface area contributed by atoms with E-state index in [-0.39, 0.29) is 11.8 Å². The molecule has 0 heterocycles. The van der Waals surface area contributed by atoms with E-state index in [0.29, 0.717) is 19.4 Å². The smallest absolute Gasteiger partial charge is 0.316 e. The molecule has 3 nitrogen and oxygen atoms in total.